The van der Waals surface area contributed by atoms with Crippen molar-refractivity contribution < 1.29 is 0 Å². The van der Waals surface area contributed by atoms with E-state index in [-0.39, 0.29) is 0 Å². The summed E-state index contributed by atoms with van der Waals surface area (Å²) < 4.78 is 0.944. The molecule has 0 radical (unpaired) electrons. The highest BCUT2D eigenvalue weighted by atomic mass is 127. The first-order valence-corrected chi connectivity index (χ1v) is 7.56. The van der Waals surface area contributed by atoms with E-state index in [9.17, 15) is 0 Å². The summed E-state index contributed by atoms with van der Waals surface area (Å²) in [6.45, 7) is 6.97. The molecule has 0 aromatic rings. The molecule has 4 unspecified atom stereocenters. The average molecular weight is 318 g/mol. The summed E-state index contributed by atoms with van der Waals surface area (Å²) in [6, 6.07) is 0. The third-order valence-electron chi connectivity index (χ3n) is 4.69. The third kappa shape index (κ3) is 2.13. The third-order valence-corrected chi connectivity index (χ3v) is 7.13. The van der Waals surface area contributed by atoms with Crippen LogP contribution in [0.2, 0.25) is 0 Å². The molecule has 0 aromatic heterocycles. The van der Waals surface area contributed by atoms with Crippen molar-refractivity contribution in [1.29, 1.82) is 0 Å². The molecular formula is C14H23I. The minimum Gasteiger partial charge on any atom is -0.0859 e. The van der Waals surface area contributed by atoms with Gasteiger partial charge in [0.05, 0.1) is 0 Å². The van der Waals surface area contributed by atoms with Crippen molar-refractivity contribution in [2.24, 2.45) is 17.3 Å². The molecule has 0 spiro atoms. The number of rotatable bonds is 3. The second kappa shape index (κ2) is 4.38. The van der Waals surface area contributed by atoms with Crippen LogP contribution in [0.1, 0.15) is 52.9 Å². The van der Waals surface area contributed by atoms with Crippen molar-refractivity contribution >= 4 is 22.6 Å². The van der Waals surface area contributed by atoms with Gasteiger partial charge in [-0.2, -0.15) is 0 Å². The minimum absolute atomic E-state index is 0.648. The van der Waals surface area contributed by atoms with E-state index in [1.807, 2.05) is 0 Å². The Labute approximate surface area is 108 Å². The Morgan fingerprint density at radius 1 is 1.40 bits per heavy atom. The molecule has 1 heteroatoms. The Kier molecular flexibility index (Phi) is 3.49. The zero-order chi connectivity index (χ0) is 11.1. The molecule has 2 aliphatic carbocycles. The Morgan fingerprint density at radius 3 is 2.67 bits per heavy atom. The van der Waals surface area contributed by atoms with Gasteiger partial charge in [0.25, 0.3) is 0 Å². The molecule has 0 amide bonds. The lowest BCUT2D eigenvalue weighted by molar-refractivity contribution is 0.191. The Balaban J connectivity index is 1.98. The van der Waals surface area contributed by atoms with Gasteiger partial charge in [-0.3, -0.25) is 0 Å². The fourth-order valence-corrected chi connectivity index (χ4v) is 5.13. The number of halogens is 1. The largest absolute Gasteiger partial charge is 0.0859 e. The van der Waals surface area contributed by atoms with Gasteiger partial charge < -0.3 is 0 Å². The lowest BCUT2D eigenvalue weighted by atomic mass is 9.72. The minimum atomic E-state index is 0.648. The Bertz CT molecular complexity index is 261. The van der Waals surface area contributed by atoms with E-state index in [0.29, 0.717) is 5.41 Å². The fraction of sp³-hybridized carbons (Fsp3) is 0.857. The van der Waals surface area contributed by atoms with Gasteiger partial charge in [-0.25, -0.2) is 0 Å². The van der Waals surface area contributed by atoms with Crippen molar-refractivity contribution in [2.75, 3.05) is 0 Å². The molecule has 2 bridgehead atoms. The van der Waals surface area contributed by atoms with Crippen LogP contribution in [0.5, 0.6) is 0 Å². The fourth-order valence-electron chi connectivity index (χ4n) is 3.66. The van der Waals surface area contributed by atoms with Gasteiger partial charge in [0.15, 0.2) is 0 Å². The number of hydrogen-bond acceptors (Lipinski definition) is 0. The summed E-state index contributed by atoms with van der Waals surface area (Å²) in [5.74, 6) is 2.09. The van der Waals surface area contributed by atoms with Crippen molar-refractivity contribution in [1.82, 2.24) is 0 Å². The van der Waals surface area contributed by atoms with Gasteiger partial charge in [-0.05, 0) is 63.2 Å². The van der Waals surface area contributed by atoms with Gasteiger partial charge in [-0.15, -0.1) is 0 Å². The molecule has 0 nitrogen and oxygen atoms in total. The van der Waals surface area contributed by atoms with Crippen LogP contribution >= 0.6 is 22.6 Å². The predicted molar refractivity (Wildman–Crippen MR) is 75.4 cm³/mol. The summed E-state index contributed by atoms with van der Waals surface area (Å²) in [4.78, 5) is 0. The first kappa shape index (κ1) is 11.9. The molecule has 0 heterocycles. The zero-order valence-corrected chi connectivity index (χ0v) is 12.4. The Hall–Kier alpha value is 0.470. The standard InChI is InChI=1S/C14H23I/c1-10(2)5-4-8-14(3)12-7-6-11(9-12)13(14)15/h5,11-13H,4,6-9H2,1-3H3. The van der Waals surface area contributed by atoms with Crippen LogP contribution in [0.4, 0.5) is 0 Å². The maximum Gasteiger partial charge on any atom is 0.0194 e. The summed E-state index contributed by atoms with van der Waals surface area (Å²) >= 11 is 2.74. The molecule has 15 heavy (non-hydrogen) atoms. The lowest BCUT2D eigenvalue weighted by Gasteiger charge is -2.38. The molecule has 0 aliphatic heterocycles. The van der Waals surface area contributed by atoms with Crippen molar-refractivity contribution in [3.8, 4) is 0 Å². The van der Waals surface area contributed by atoms with Crippen LogP contribution in [-0.4, -0.2) is 3.92 Å². The number of allylic oxidation sites excluding steroid dienone is 2. The smallest absolute Gasteiger partial charge is 0.0194 e. The van der Waals surface area contributed by atoms with Crippen LogP contribution < -0.4 is 0 Å². The number of hydrogen-bond donors (Lipinski definition) is 0. The monoisotopic (exact) mass is 318 g/mol. The molecule has 2 aliphatic rings. The van der Waals surface area contributed by atoms with Crippen LogP contribution in [0, 0.1) is 17.3 Å². The normalized spacial score (nSPS) is 43.3. The van der Waals surface area contributed by atoms with E-state index in [1.54, 1.807) is 0 Å². The van der Waals surface area contributed by atoms with Gasteiger partial charge >= 0.3 is 0 Å². The van der Waals surface area contributed by atoms with Crippen molar-refractivity contribution in [2.45, 2.75) is 56.8 Å². The van der Waals surface area contributed by atoms with Crippen LogP contribution in [0.15, 0.2) is 11.6 Å². The highest BCUT2D eigenvalue weighted by Gasteiger charge is 2.53. The van der Waals surface area contributed by atoms with E-state index in [2.05, 4.69) is 49.4 Å². The molecule has 0 aromatic carbocycles. The Morgan fingerprint density at radius 2 is 2.13 bits per heavy atom. The van der Waals surface area contributed by atoms with Crippen LogP contribution in [0.25, 0.3) is 0 Å². The van der Waals surface area contributed by atoms with Crippen LogP contribution in [-0.2, 0) is 0 Å². The van der Waals surface area contributed by atoms with Gasteiger partial charge in [0, 0.05) is 3.92 Å². The second-order valence-electron chi connectivity index (χ2n) is 6.00. The van der Waals surface area contributed by atoms with E-state index in [0.717, 1.165) is 15.8 Å². The lowest BCUT2D eigenvalue weighted by Crippen LogP contribution is -2.33. The molecular weight excluding hydrogens is 295 g/mol. The SMILES string of the molecule is CC(C)=CCCC1(C)C2CCC(C2)C1I. The van der Waals surface area contributed by atoms with Gasteiger partial charge in [-0.1, -0.05) is 41.2 Å². The number of fused-ring (bicyclic) bond motifs is 2. The molecule has 2 rings (SSSR count). The zero-order valence-electron chi connectivity index (χ0n) is 10.2. The second-order valence-corrected chi connectivity index (χ2v) is 7.34. The highest BCUT2D eigenvalue weighted by Crippen LogP contribution is 2.60. The molecule has 0 saturated heterocycles. The molecule has 86 valence electrons. The van der Waals surface area contributed by atoms with Gasteiger partial charge in [0.2, 0.25) is 0 Å². The molecule has 2 fully saturated rings. The molecule has 4 atom stereocenters. The summed E-state index contributed by atoms with van der Waals surface area (Å²) in [5.41, 5.74) is 2.13. The topological polar surface area (TPSA) is 0 Å². The average Bonchev–Trinajstić information content (AvgIpc) is 2.70. The van der Waals surface area contributed by atoms with Gasteiger partial charge in [0.1, 0.15) is 0 Å². The summed E-state index contributed by atoms with van der Waals surface area (Å²) in [7, 11) is 0. The maximum atomic E-state index is 2.74. The first-order chi connectivity index (χ1) is 7.04. The summed E-state index contributed by atoms with van der Waals surface area (Å²) in [6.07, 6.45) is 9.67. The van der Waals surface area contributed by atoms with E-state index >= 15 is 0 Å². The maximum absolute atomic E-state index is 2.74. The van der Waals surface area contributed by atoms with Crippen molar-refractivity contribution in [3.05, 3.63) is 11.6 Å². The number of alkyl halides is 1. The van der Waals surface area contributed by atoms with Crippen LogP contribution in [0.3, 0.4) is 0 Å². The predicted octanol–water partition coefficient (Wildman–Crippen LogP) is 4.97. The first-order valence-electron chi connectivity index (χ1n) is 6.31. The molecule has 0 N–H and O–H groups in total. The quantitative estimate of drug-likeness (QED) is 0.391. The van der Waals surface area contributed by atoms with Crippen molar-refractivity contribution in [3.63, 3.8) is 0 Å². The van der Waals surface area contributed by atoms with E-state index in [4.69, 9.17) is 0 Å². The highest BCUT2D eigenvalue weighted by molar-refractivity contribution is 14.1. The van der Waals surface area contributed by atoms with E-state index < -0.39 is 0 Å². The molecule has 2 saturated carbocycles. The van der Waals surface area contributed by atoms with E-state index in [1.165, 1.54) is 37.7 Å². The summed E-state index contributed by atoms with van der Waals surface area (Å²) in [5, 5.41) is 0.